The highest BCUT2D eigenvalue weighted by molar-refractivity contribution is 9.13. The summed E-state index contributed by atoms with van der Waals surface area (Å²) in [7, 11) is 0. The maximum Gasteiger partial charge on any atom is 0.174 e. The van der Waals surface area contributed by atoms with Crippen LogP contribution in [0.15, 0.2) is 21.2 Å². The molecule has 0 heterocycles. The van der Waals surface area contributed by atoms with Gasteiger partial charge in [0.1, 0.15) is 3.78 Å². The van der Waals surface area contributed by atoms with Crippen molar-refractivity contribution in [3.8, 4) is 0 Å². The molecule has 0 spiro atoms. The van der Waals surface area contributed by atoms with E-state index in [1.54, 1.807) is 0 Å². The van der Waals surface area contributed by atoms with Crippen LogP contribution in [0.2, 0.25) is 0 Å². The van der Waals surface area contributed by atoms with Gasteiger partial charge in [-0.3, -0.25) is 0 Å². The molecule has 0 aliphatic heterocycles. The van der Waals surface area contributed by atoms with Gasteiger partial charge < -0.3 is 0 Å². The van der Waals surface area contributed by atoms with Crippen molar-refractivity contribution in [2.24, 2.45) is 0 Å². The Kier molecular flexibility index (Phi) is 5.54. The van der Waals surface area contributed by atoms with Crippen molar-refractivity contribution < 1.29 is 0 Å². The molecule has 2 rings (SSSR count). The average molecular weight is 513 g/mol. The molecule has 0 saturated carbocycles. The number of halogens is 8. The summed E-state index contributed by atoms with van der Waals surface area (Å²) in [6.45, 7) is 0. The largest absolute Gasteiger partial charge is 0.174 e. The Morgan fingerprint density at radius 3 is 2.32 bits per heavy atom. The maximum absolute atomic E-state index is 6.52. The fourth-order valence-corrected chi connectivity index (χ4v) is 5.59. The van der Waals surface area contributed by atoms with Crippen LogP contribution in [-0.2, 0) is 0 Å². The second-order valence-corrected chi connectivity index (χ2v) is 10.4. The van der Waals surface area contributed by atoms with Gasteiger partial charge in [-0.1, -0.05) is 78.3 Å². The molecule has 0 aromatic rings. The Hall–Kier alpha value is 2.18. The molecule has 2 aliphatic rings. The molecule has 0 saturated heterocycles. The van der Waals surface area contributed by atoms with Gasteiger partial charge >= 0.3 is 0 Å². The Morgan fingerprint density at radius 1 is 1.16 bits per heavy atom. The number of hydrogen-bond acceptors (Lipinski definition) is 0. The van der Waals surface area contributed by atoms with E-state index >= 15 is 0 Å². The second-order valence-electron chi connectivity index (χ2n) is 4.48. The van der Waals surface area contributed by atoms with Crippen molar-refractivity contribution in [1.29, 1.82) is 0 Å². The van der Waals surface area contributed by atoms with Gasteiger partial charge in [-0.15, -0.1) is 23.2 Å². The van der Waals surface area contributed by atoms with Crippen LogP contribution in [0, 0.1) is 0 Å². The topological polar surface area (TPSA) is 0 Å². The lowest BCUT2D eigenvalue weighted by Gasteiger charge is -2.40. The van der Waals surface area contributed by atoms with Gasteiger partial charge in [0.2, 0.25) is 0 Å². The van der Waals surface area contributed by atoms with Gasteiger partial charge in [-0.2, -0.15) is 0 Å². The molecular weight excluding hydrogens is 505 g/mol. The molecule has 108 valence electrons. The summed E-state index contributed by atoms with van der Waals surface area (Å²) in [6, 6.07) is 0. The van der Waals surface area contributed by atoms with E-state index in [0.717, 1.165) is 24.8 Å². The fraction of sp³-hybridized carbons (Fsp3) is 0.636. The third kappa shape index (κ3) is 2.76. The third-order valence-electron chi connectivity index (χ3n) is 3.31. The lowest BCUT2D eigenvalue weighted by Crippen LogP contribution is -2.45. The minimum Gasteiger partial charge on any atom is -0.112 e. The Morgan fingerprint density at radius 2 is 1.74 bits per heavy atom. The van der Waals surface area contributed by atoms with Crippen LogP contribution >= 0.6 is 101 Å². The van der Waals surface area contributed by atoms with Gasteiger partial charge in [0, 0.05) is 10.4 Å². The van der Waals surface area contributed by atoms with Gasteiger partial charge in [0.05, 0.1) is 15.4 Å². The summed E-state index contributed by atoms with van der Waals surface area (Å²) in [6.07, 6.45) is 2.42. The molecular formula is C11H8Br2Cl6. The van der Waals surface area contributed by atoms with E-state index in [1.807, 2.05) is 0 Å². The number of alkyl halides is 6. The average Bonchev–Trinajstić information content (AvgIpc) is 2.53. The summed E-state index contributed by atoms with van der Waals surface area (Å²) in [5.41, 5.74) is 1.38. The molecule has 2 aliphatic carbocycles. The molecule has 0 N–H and O–H groups in total. The second kappa shape index (κ2) is 6.00. The predicted octanol–water partition coefficient (Wildman–Crippen LogP) is 7.04. The molecule has 0 fully saturated rings. The maximum atomic E-state index is 6.52. The SMILES string of the molecule is ClC1=C(Cl)C(Cl)C2=C1C(Cl)(Cl)C(Cl)(Br)C(Br)CCC2. The molecule has 0 bridgehead atoms. The fourth-order valence-electron chi connectivity index (χ4n) is 2.26. The Labute approximate surface area is 159 Å². The van der Waals surface area contributed by atoms with E-state index in [-0.39, 0.29) is 4.83 Å². The first-order chi connectivity index (χ1) is 8.62. The summed E-state index contributed by atoms with van der Waals surface area (Å²) >= 11 is 45.2. The minimum absolute atomic E-state index is 0.122. The van der Waals surface area contributed by atoms with Gasteiger partial charge in [0.25, 0.3) is 0 Å². The van der Waals surface area contributed by atoms with Gasteiger partial charge in [0.15, 0.2) is 4.33 Å². The lowest BCUT2D eigenvalue weighted by molar-refractivity contribution is 0.606. The van der Waals surface area contributed by atoms with E-state index < -0.39 is 13.5 Å². The number of allylic oxidation sites excluding steroid dienone is 4. The van der Waals surface area contributed by atoms with Crippen molar-refractivity contribution in [1.82, 2.24) is 0 Å². The van der Waals surface area contributed by atoms with Crippen molar-refractivity contribution in [3.05, 3.63) is 21.2 Å². The zero-order valence-corrected chi connectivity index (χ0v) is 17.0. The molecule has 8 heteroatoms. The van der Waals surface area contributed by atoms with Crippen LogP contribution in [-0.4, -0.2) is 18.3 Å². The Balaban J connectivity index is 2.63. The van der Waals surface area contributed by atoms with Crippen LogP contribution < -0.4 is 0 Å². The molecule has 19 heavy (non-hydrogen) atoms. The van der Waals surface area contributed by atoms with Crippen molar-refractivity contribution in [2.45, 2.75) is 37.6 Å². The first-order valence-corrected chi connectivity index (χ1v) is 9.48. The summed E-state index contributed by atoms with van der Waals surface area (Å²) in [4.78, 5) is -0.122. The Bertz CT molecular complexity index is 468. The lowest BCUT2D eigenvalue weighted by atomic mass is 9.93. The number of rotatable bonds is 0. The standard InChI is InChI=1S/C11H8Br2Cl6/c12-5-3-1-2-4-6(8(15)9(16)7(4)14)11(18,19)10(5,13)17/h5,7H,1-3H2. The normalized spacial score (nSPS) is 39.2. The van der Waals surface area contributed by atoms with Crippen LogP contribution in [0.1, 0.15) is 19.3 Å². The van der Waals surface area contributed by atoms with Crippen molar-refractivity contribution >= 4 is 101 Å². The van der Waals surface area contributed by atoms with E-state index in [9.17, 15) is 0 Å². The van der Waals surface area contributed by atoms with Gasteiger partial charge in [-0.05, 0) is 24.8 Å². The molecule has 3 unspecified atom stereocenters. The van der Waals surface area contributed by atoms with Gasteiger partial charge in [-0.25, -0.2) is 0 Å². The highest BCUT2D eigenvalue weighted by Crippen LogP contribution is 2.60. The molecule has 3 atom stereocenters. The predicted molar refractivity (Wildman–Crippen MR) is 93.9 cm³/mol. The highest BCUT2D eigenvalue weighted by Gasteiger charge is 2.57. The molecule has 0 aromatic carbocycles. The summed E-state index contributed by atoms with van der Waals surface area (Å²) < 4.78 is -2.55. The zero-order valence-electron chi connectivity index (χ0n) is 9.30. The first kappa shape index (κ1) is 17.5. The van der Waals surface area contributed by atoms with Crippen LogP contribution in [0.25, 0.3) is 0 Å². The molecule has 0 nitrogen and oxygen atoms in total. The quantitative estimate of drug-likeness (QED) is 0.305. The van der Waals surface area contributed by atoms with E-state index in [4.69, 9.17) is 69.6 Å². The molecule has 0 radical (unpaired) electrons. The van der Waals surface area contributed by atoms with Crippen LogP contribution in [0.4, 0.5) is 0 Å². The highest BCUT2D eigenvalue weighted by atomic mass is 79.9. The van der Waals surface area contributed by atoms with Crippen LogP contribution in [0.3, 0.4) is 0 Å². The summed E-state index contributed by atoms with van der Waals surface area (Å²) in [5, 5.41) is 0.174. The smallest absolute Gasteiger partial charge is 0.112 e. The molecule has 0 aromatic heterocycles. The number of hydrogen-bond donors (Lipinski definition) is 0. The molecule has 0 amide bonds. The van der Waals surface area contributed by atoms with Crippen molar-refractivity contribution in [3.63, 3.8) is 0 Å². The van der Waals surface area contributed by atoms with Crippen LogP contribution in [0.5, 0.6) is 0 Å². The van der Waals surface area contributed by atoms with E-state index in [0.29, 0.717) is 15.6 Å². The van der Waals surface area contributed by atoms with E-state index in [1.165, 1.54) is 0 Å². The van der Waals surface area contributed by atoms with Crippen molar-refractivity contribution in [2.75, 3.05) is 0 Å². The van der Waals surface area contributed by atoms with E-state index in [2.05, 4.69) is 31.9 Å². The zero-order chi connectivity index (χ0) is 14.6. The third-order valence-corrected chi connectivity index (χ3v) is 10.1. The monoisotopic (exact) mass is 508 g/mol. The first-order valence-electron chi connectivity index (χ1n) is 5.45. The summed E-state index contributed by atoms with van der Waals surface area (Å²) in [5.74, 6) is 0. The minimum atomic E-state index is -1.45.